The number of rotatable bonds is 2. The van der Waals surface area contributed by atoms with E-state index in [1.165, 1.54) is 34.6 Å². The standard InChI is InChI=1S/C15H14N2O/c1-18-11-4-5-14-13(8-11)12-6-7-16-9-15(12)17(14)10-2-3-10/h4-10H,2-3H2,1H3. The van der Waals surface area contributed by atoms with Gasteiger partial charge in [0, 0.05) is 28.5 Å². The van der Waals surface area contributed by atoms with Gasteiger partial charge in [-0.3, -0.25) is 4.98 Å². The minimum absolute atomic E-state index is 0.655. The molecule has 1 saturated carbocycles. The summed E-state index contributed by atoms with van der Waals surface area (Å²) in [6.07, 6.45) is 6.39. The van der Waals surface area contributed by atoms with Crippen molar-refractivity contribution in [2.24, 2.45) is 0 Å². The molecule has 1 aliphatic rings. The van der Waals surface area contributed by atoms with Gasteiger partial charge in [0.1, 0.15) is 5.75 Å². The zero-order valence-corrected chi connectivity index (χ0v) is 10.3. The monoisotopic (exact) mass is 238 g/mol. The summed E-state index contributed by atoms with van der Waals surface area (Å²) in [4.78, 5) is 4.27. The van der Waals surface area contributed by atoms with Gasteiger partial charge in [0.2, 0.25) is 0 Å². The van der Waals surface area contributed by atoms with Crippen molar-refractivity contribution < 1.29 is 4.74 Å². The molecule has 3 aromatic rings. The third kappa shape index (κ3) is 1.27. The molecule has 0 amide bonds. The van der Waals surface area contributed by atoms with Crippen molar-refractivity contribution in [2.45, 2.75) is 18.9 Å². The van der Waals surface area contributed by atoms with Crippen LogP contribution in [0.5, 0.6) is 5.75 Å². The highest BCUT2D eigenvalue weighted by Crippen LogP contribution is 2.42. The molecule has 18 heavy (non-hydrogen) atoms. The number of nitrogens with zero attached hydrogens (tertiary/aromatic N) is 2. The number of methoxy groups -OCH3 is 1. The van der Waals surface area contributed by atoms with E-state index in [2.05, 4.69) is 27.8 Å². The molecule has 0 saturated heterocycles. The van der Waals surface area contributed by atoms with Crippen LogP contribution in [0.2, 0.25) is 0 Å². The number of benzene rings is 1. The molecule has 2 heterocycles. The van der Waals surface area contributed by atoms with E-state index in [9.17, 15) is 0 Å². The lowest BCUT2D eigenvalue weighted by Gasteiger charge is -2.04. The summed E-state index contributed by atoms with van der Waals surface area (Å²) < 4.78 is 7.76. The van der Waals surface area contributed by atoms with Crippen LogP contribution in [0.25, 0.3) is 21.8 Å². The fourth-order valence-electron chi connectivity index (χ4n) is 2.73. The van der Waals surface area contributed by atoms with Crippen LogP contribution in [0, 0.1) is 0 Å². The molecule has 1 fully saturated rings. The van der Waals surface area contributed by atoms with Crippen molar-refractivity contribution in [2.75, 3.05) is 7.11 Å². The smallest absolute Gasteiger partial charge is 0.119 e. The Morgan fingerprint density at radius 2 is 2.06 bits per heavy atom. The average Bonchev–Trinajstić information content (AvgIpc) is 3.20. The maximum atomic E-state index is 5.33. The number of pyridine rings is 1. The van der Waals surface area contributed by atoms with Crippen LogP contribution in [-0.4, -0.2) is 16.7 Å². The van der Waals surface area contributed by atoms with E-state index in [4.69, 9.17) is 4.74 Å². The zero-order valence-electron chi connectivity index (χ0n) is 10.3. The molecule has 3 nitrogen and oxygen atoms in total. The van der Waals surface area contributed by atoms with Gasteiger partial charge in [-0.25, -0.2) is 0 Å². The number of hydrogen-bond acceptors (Lipinski definition) is 2. The second-order valence-electron chi connectivity index (χ2n) is 4.88. The van der Waals surface area contributed by atoms with Gasteiger partial charge in [0.25, 0.3) is 0 Å². The van der Waals surface area contributed by atoms with Crippen LogP contribution < -0.4 is 4.74 Å². The summed E-state index contributed by atoms with van der Waals surface area (Å²) in [6, 6.07) is 9.06. The Morgan fingerprint density at radius 3 is 2.83 bits per heavy atom. The molecule has 0 aliphatic heterocycles. The SMILES string of the molecule is COc1ccc2c(c1)c1ccncc1n2C1CC1. The molecule has 1 aliphatic carbocycles. The third-order valence-electron chi connectivity index (χ3n) is 3.73. The summed E-state index contributed by atoms with van der Waals surface area (Å²) in [5, 5.41) is 2.53. The van der Waals surface area contributed by atoms with Gasteiger partial charge in [-0.2, -0.15) is 0 Å². The number of hydrogen-bond donors (Lipinski definition) is 0. The fourth-order valence-corrected chi connectivity index (χ4v) is 2.73. The minimum Gasteiger partial charge on any atom is -0.497 e. The summed E-state index contributed by atoms with van der Waals surface area (Å²) in [7, 11) is 1.71. The number of aromatic nitrogens is 2. The molecule has 0 atom stereocenters. The molecule has 1 aromatic carbocycles. The first kappa shape index (κ1) is 9.95. The van der Waals surface area contributed by atoms with E-state index < -0.39 is 0 Å². The van der Waals surface area contributed by atoms with E-state index >= 15 is 0 Å². The van der Waals surface area contributed by atoms with Crippen molar-refractivity contribution in [3.8, 4) is 5.75 Å². The first-order chi connectivity index (χ1) is 8.88. The largest absolute Gasteiger partial charge is 0.497 e. The summed E-state index contributed by atoms with van der Waals surface area (Å²) >= 11 is 0. The van der Waals surface area contributed by atoms with Crippen molar-refractivity contribution in [3.05, 3.63) is 36.7 Å². The fraction of sp³-hybridized carbons (Fsp3) is 0.267. The number of ether oxygens (including phenoxy) is 1. The third-order valence-corrected chi connectivity index (χ3v) is 3.73. The lowest BCUT2D eigenvalue weighted by Crippen LogP contribution is -1.93. The second-order valence-corrected chi connectivity index (χ2v) is 4.88. The first-order valence-corrected chi connectivity index (χ1v) is 6.30. The van der Waals surface area contributed by atoms with Crippen LogP contribution >= 0.6 is 0 Å². The summed E-state index contributed by atoms with van der Waals surface area (Å²) in [5.74, 6) is 0.911. The van der Waals surface area contributed by atoms with Crippen LogP contribution in [-0.2, 0) is 0 Å². The van der Waals surface area contributed by atoms with Gasteiger partial charge in [0.05, 0.1) is 18.8 Å². The molecule has 3 heteroatoms. The Bertz CT molecular complexity index is 741. The zero-order chi connectivity index (χ0) is 12.1. The van der Waals surface area contributed by atoms with Gasteiger partial charge >= 0.3 is 0 Å². The lowest BCUT2D eigenvalue weighted by molar-refractivity contribution is 0.415. The molecule has 0 unspecified atom stereocenters. The molecular weight excluding hydrogens is 224 g/mol. The minimum atomic E-state index is 0.655. The molecule has 90 valence electrons. The van der Waals surface area contributed by atoms with Crippen molar-refractivity contribution in [1.82, 2.24) is 9.55 Å². The van der Waals surface area contributed by atoms with E-state index in [0.717, 1.165) is 5.75 Å². The molecule has 0 radical (unpaired) electrons. The molecule has 0 N–H and O–H groups in total. The highest BCUT2D eigenvalue weighted by Gasteiger charge is 2.27. The summed E-state index contributed by atoms with van der Waals surface area (Å²) in [6.45, 7) is 0. The Labute approximate surface area is 105 Å². The number of fused-ring (bicyclic) bond motifs is 3. The topological polar surface area (TPSA) is 27.1 Å². The van der Waals surface area contributed by atoms with Gasteiger partial charge in [-0.1, -0.05) is 0 Å². The van der Waals surface area contributed by atoms with Crippen LogP contribution in [0.15, 0.2) is 36.7 Å². The average molecular weight is 238 g/mol. The van der Waals surface area contributed by atoms with E-state index in [0.29, 0.717) is 6.04 Å². The summed E-state index contributed by atoms with van der Waals surface area (Å²) in [5.41, 5.74) is 2.53. The molecule has 4 rings (SSSR count). The molecular formula is C15H14N2O. The van der Waals surface area contributed by atoms with E-state index in [-0.39, 0.29) is 0 Å². The van der Waals surface area contributed by atoms with Crippen LogP contribution in [0.1, 0.15) is 18.9 Å². The Balaban J connectivity index is 2.17. The van der Waals surface area contributed by atoms with Gasteiger partial charge in [0.15, 0.2) is 0 Å². The van der Waals surface area contributed by atoms with E-state index in [1.807, 2.05) is 18.5 Å². The highest BCUT2D eigenvalue weighted by molar-refractivity contribution is 6.08. The second kappa shape index (κ2) is 3.48. The van der Waals surface area contributed by atoms with E-state index in [1.54, 1.807) is 7.11 Å². The molecule has 2 aromatic heterocycles. The Kier molecular flexibility index (Phi) is 1.92. The van der Waals surface area contributed by atoms with Gasteiger partial charge in [-0.05, 0) is 37.1 Å². The van der Waals surface area contributed by atoms with Crippen LogP contribution in [0.3, 0.4) is 0 Å². The highest BCUT2D eigenvalue weighted by atomic mass is 16.5. The normalized spacial score (nSPS) is 15.4. The molecule has 0 spiro atoms. The molecule has 0 bridgehead atoms. The predicted octanol–water partition coefficient (Wildman–Crippen LogP) is 3.53. The van der Waals surface area contributed by atoms with Gasteiger partial charge in [-0.15, -0.1) is 0 Å². The predicted molar refractivity (Wildman–Crippen MR) is 72.1 cm³/mol. The van der Waals surface area contributed by atoms with Crippen molar-refractivity contribution >= 4 is 21.8 Å². The Hall–Kier alpha value is -2.03. The lowest BCUT2D eigenvalue weighted by atomic mass is 10.2. The maximum absolute atomic E-state index is 5.33. The Morgan fingerprint density at radius 1 is 1.17 bits per heavy atom. The van der Waals surface area contributed by atoms with Crippen molar-refractivity contribution in [3.63, 3.8) is 0 Å². The van der Waals surface area contributed by atoms with Gasteiger partial charge < -0.3 is 9.30 Å². The quantitative estimate of drug-likeness (QED) is 0.683. The van der Waals surface area contributed by atoms with Crippen LogP contribution in [0.4, 0.5) is 0 Å². The van der Waals surface area contributed by atoms with Crippen molar-refractivity contribution in [1.29, 1.82) is 0 Å². The maximum Gasteiger partial charge on any atom is 0.119 e. The first-order valence-electron chi connectivity index (χ1n) is 6.30.